The number of amides is 2. The number of phenols is 1. The van der Waals surface area contributed by atoms with Gasteiger partial charge in [-0.2, -0.15) is 0 Å². The Balaban J connectivity index is 1.19. The van der Waals surface area contributed by atoms with E-state index in [0.29, 0.717) is 35.0 Å². The molecule has 2 bridgehead atoms. The predicted octanol–water partition coefficient (Wildman–Crippen LogP) is 3.39. The molecule has 4 atom stereocenters. The molecule has 12 nitrogen and oxygen atoms in total. The molecule has 2 aromatic heterocycles. The van der Waals surface area contributed by atoms with E-state index in [-0.39, 0.29) is 24.3 Å². The van der Waals surface area contributed by atoms with Gasteiger partial charge in [0.15, 0.2) is 0 Å². The molecule has 1 fully saturated rings. The monoisotopic (exact) mass is 586 g/mol. The molecule has 2 aromatic carbocycles. The van der Waals surface area contributed by atoms with Crippen molar-refractivity contribution in [2.45, 2.75) is 57.0 Å². The number of hydrogen-bond donors (Lipinski definition) is 3. The van der Waals surface area contributed by atoms with E-state index in [1.54, 1.807) is 44.1 Å². The number of imidazole rings is 1. The van der Waals surface area contributed by atoms with Crippen LogP contribution < -0.4 is 10.2 Å². The Bertz CT molecular complexity index is 1870. The topological polar surface area (TPSA) is 146 Å². The first kappa shape index (κ1) is 23.8. The van der Waals surface area contributed by atoms with Crippen LogP contribution in [0.1, 0.15) is 65.1 Å². The number of benzene rings is 2. The summed E-state index contributed by atoms with van der Waals surface area (Å²) in [5.41, 5.74) is 2.72. The number of aliphatic hydroxyl groups is 1. The second-order valence-corrected chi connectivity index (χ2v) is 12.2. The second kappa shape index (κ2) is 9.66. The summed E-state index contributed by atoms with van der Waals surface area (Å²) in [7, 11) is 0. The summed E-state index contributed by atoms with van der Waals surface area (Å²) in [5.74, 6) is 0.109. The van der Waals surface area contributed by atoms with Gasteiger partial charge in [0, 0.05) is 59.7 Å². The number of fused-ring (bicyclic) bond motifs is 9. The number of aliphatic hydroxyl groups excluding tert-OH is 1. The van der Waals surface area contributed by atoms with Crippen molar-refractivity contribution < 1.29 is 28.7 Å². The number of nitrogens with one attached hydrogen (secondary N) is 1. The number of aromatic nitrogens is 4. The summed E-state index contributed by atoms with van der Waals surface area (Å²) >= 11 is 0. The van der Waals surface area contributed by atoms with E-state index in [0.717, 1.165) is 16.0 Å². The minimum atomic E-state index is -2.71. The van der Waals surface area contributed by atoms with Crippen molar-refractivity contribution in [1.29, 1.82) is 0 Å². The van der Waals surface area contributed by atoms with Crippen LogP contribution >= 0.6 is 0 Å². The third-order valence-electron chi connectivity index (χ3n) is 8.20. The van der Waals surface area contributed by atoms with E-state index in [2.05, 4.69) is 15.3 Å². The fourth-order valence-corrected chi connectivity index (χ4v) is 6.29. The van der Waals surface area contributed by atoms with Crippen LogP contribution in [0.25, 0.3) is 22.2 Å². The van der Waals surface area contributed by atoms with Crippen molar-refractivity contribution in [2.75, 3.05) is 25.0 Å². The Morgan fingerprint density at radius 2 is 1.91 bits per heavy atom. The van der Waals surface area contributed by atoms with Gasteiger partial charge in [-0.05, 0) is 50.6 Å². The maximum absolute atomic E-state index is 13.5. The first-order valence-corrected chi connectivity index (χ1v) is 14.1. The van der Waals surface area contributed by atoms with Crippen molar-refractivity contribution in [3.8, 4) is 16.9 Å². The highest BCUT2D eigenvalue weighted by Crippen LogP contribution is 2.49. The summed E-state index contributed by atoms with van der Waals surface area (Å²) in [5, 5.41) is 24.2. The number of alkyl carbamates (subject to hydrolysis) is 1. The minimum Gasteiger partial charge on any atom is -0.508 e. The van der Waals surface area contributed by atoms with Gasteiger partial charge in [-0.15, -0.1) is 0 Å². The maximum atomic E-state index is 13.5. The zero-order valence-corrected chi connectivity index (χ0v) is 23.9. The molecule has 0 unspecified atom stereocenters. The normalized spacial score (nSPS) is 24.2. The molecule has 4 aromatic rings. The van der Waals surface area contributed by atoms with Gasteiger partial charge in [0.1, 0.15) is 17.2 Å². The van der Waals surface area contributed by atoms with Crippen LogP contribution in [0.15, 0.2) is 48.8 Å². The minimum absolute atomic E-state index is 0.0765. The standard InChI is InChI=1S/C31H33N7O5/c1-31(2,3)43-30(42)35-20-14-37(15-25(20)40)29-32-12-17(13-33-29)16-8-9-19-21(10-16)38-22-11-23(27(38)34-19)36(4)28(41)18-6-5-7-24(39)26(18)22/h5-10,12-13,20,22-23,25,39-40H,11,14-15H2,1-4H3,(H,35,42)/t20-,22+,23+,25-/m0/s1/i4D3. The number of rotatable bonds is 3. The van der Waals surface area contributed by atoms with Gasteiger partial charge in [0.25, 0.3) is 5.91 Å². The molecule has 12 heteroatoms. The van der Waals surface area contributed by atoms with E-state index < -0.39 is 48.8 Å². The smallest absolute Gasteiger partial charge is 0.408 e. The quantitative estimate of drug-likeness (QED) is 0.329. The molecule has 7 rings (SSSR count). The van der Waals surface area contributed by atoms with E-state index in [9.17, 15) is 19.8 Å². The molecular formula is C31H33N7O5. The number of carbonyl (C=O) groups is 2. The number of aromatic hydroxyl groups is 1. The van der Waals surface area contributed by atoms with Crippen LogP contribution in [0, 0.1) is 0 Å². The van der Waals surface area contributed by atoms with Gasteiger partial charge in [0.2, 0.25) is 5.95 Å². The van der Waals surface area contributed by atoms with E-state index in [4.69, 9.17) is 13.8 Å². The molecule has 0 spiro atoms. The number of phenolic OH excluding ortho intramolecular Hbond substituents is 1. The van der Waals surface area contributed by atoms with Gasteiger partial charge < -0.3 is 34.6 Å². The van der Waals surface area contributed by atoms with Crippen molar-refractivity contribution in [1.82, 2.24) is 29.7 Å². The number of β-amino-alcohol motifs (C(OH)–C–C–N with tert-alkyl or cyclic N) is 1. The highest BCUT2D eigenvalue weighted by molar-refractivity contribution is 5.98. The number of nitrogens with zero attached hydrogens (tertiary/aromatic N) is 6. The van der Waals surface area contributed by atoms with Gasteiger partial charge in [-0.3, -0.25) is 4.79 Å². The number of anilines is 1. The van der Waals surface area contributed by atoms with E-state index in [1.807, 2.05) is 22.8 Å². The lowest BCUT2D eigenvalue weighted by Gasteiger charge is -2.24. The van der Waals surface area contributed by atoms with E-state index >= 15 is 0 Å². The fraction of sp³-hybridized carbons (Fsp3) is 0.387. The van der Waals surface area contributed by atoms with Crippen LogP contribution in [0.5, 0.6) is 5.75 Å². The van der Waals surface area contributed by atoms with Gasteiger partial charge >= 0.3 is 6.09 Å². The molecule has 3 aliphatic heterocycles. The average Bonchev–Trinajstić information content (AvgIpc) is 3.60. The zero-order valence-electron chi connectivity index (χ0n) is 26.9. The summed E-state index contributed by atoms with van der Waals surface area (Å²) < 4.78 is 31.7. The maximum Gasteiger partial charge on any atom is 0.408 e. The predicted molar refractivity (Wildman–Crippen MR) is 158 cm³/mol. The first-order chi connectivity index (χ1) is 21.7. The molecular weight excluding hydrogens is 550 g/mol. The largest absolute Gasteiger partial charge is 0.508 e. The molecule has 1 saturated heterocycles. The van der Waals surface area contributed by atoms with Crippen molar-refractivity contribution in [3.63, 3.8) is 0 Å². The summed E-state index contributed by atoms with van der Waals surface area (Å²) in [6, 6.07) is 8.35. The first-order valence-electron chi connectivity index (χ1n) is 15.6. The van der Waals surface area contributed by atoms with Gasteiger partial charge in [-0.25, -0.2) is 19.7 Å². The highest BCUT2D eigenvalue weighted by Gasteiger charge is 2.44. The Kier molecular flexibility index (Phi) is 5.35. The van der Waals surface area contributed by atoms with Crippen LogP contribution in [0.2, 0.25) is 0 Å². The van der Waals surface area contributed by atoms with Crippen LogP contribution in [-0.4, -0.2) is 84.4 Å². The van der Waals surface area contributed by atoms with Gasteiger partial charge in [-0.1, -0.05) is 12.1 Å². The SMILES string of the molecule is [2H]C([2H])([2H])N1C(=O)c2cccc(O)c2[C@H]2C[C@@H]1c1nc3ccc(-c4cnc(N5C[C@H](NC(=O)OC(C)(C)C)[C@@H](O)C5)nc4)cc3n12. The molecule has 0 radical (unpaired) electrons. The molecule has 0 saturated carbocycles. The molecule has 3 aliphatic rings. The average molecular weight is 587 g/mol. The molecule has 43 heavy (non-hydrogen) atoms. The van der Waals surface area contributed by atoms with Crippen LogP contribution in [0.3, 0.4) is 0 Å². The lowest BCUT2D eigenvalue weighted by molar-refractivity contribution is 0.0461. The molecule has 5 heterocycles. The van der Waals surface area contributed by atoms with Crippen molar-refractivity contribution >= 4 is 29.0 Å². The number of carbonyl (C=O) groups excluding carboxylic acids is 2. The number of hydrogen-bond acceptors (Lipinski definition) is 9. The molecule has 2 amide bonds. The van der Waals surface area contributed by atoms with Crippen LogP contribution in [-0.2, 0) is 4.74 Å². The lowest BCUT2D eigenvalue weighted by atomic mass is 9.97. The second-order valence-electron chi connectivity index (χ2n) is 12.2. The van der Waals surface area contributed by atoms with Crippen molar-refractivity contribution in [3.05, 3.63) is 65.7 Å². The lowest BCUT2D eigenvalue weighted by Crippen LogP contribution is -2.45. The summed E-state index contributed by atoms with van der Waals surface area (Å²) in [4.78, 5) is 42.3. The summed E-state index contributed by atoms with van der Waals surface area (Å²) in [6.45, 7) is 3.13. The Morgan fingerprint density at radius 3 is 2.65 bits per heavy atom. The zero-order chi connectivity index (χ0) is 32.7. The molecule has 3 N–H and O–H groups in total. The third kappa shape index (κ3) is 4.53. The molecule has 0 aliphatic carbocycles. The third-order valence-corrected chi connectivity index (χ3v) is 8.20. The van der Waals surface area contributed by atoms with E-state index in [1.165, 1.54) is 12.1 Å². The fourth-order valence-electron chi connectivity index (χ4n) is 6.29. The van der Waals surface area contributed by atoms with Crippen molar-refractivity contribution in [2.24, 2.45) is 0 Å². The summed E-state index contributed by atoms with van der Waals surface area (Å²) in [6.07, 6.45) is 2.18. The molecule has 222 valence electrons. The number of ether oxygens (including phenoxy) is 1. The van der Waals surface area contributed by atoms with Gasteiger partial charge in [0.05, 0.1) is 35.3 Å². The Labute approximate surface area is 252 Å². The highest BCUT2D eigenvalue weighted by atomic mass is 16.6. The van der Waals surface area contributed by atoms with Crippen LogP contribution in [0.4, 0.5) is 10.7 Å². The Morgan fingerprint density at radius 1 is 1.12 bits per heavy atom. The Hall–Kier alpha value is -4.71.